The summed E-state index contributed by atoms with van der Waals surface area (Å²) in [4.78, 5) is 0.861. The molecule has 1 aromatic carbocycles. The standard InChI is InChI=1S/C18H21F.C3H6S.4C2H6/c1-7-16(12(2)3)10-14(5)15(6)17-9-8-13(4)18(19)11-17;1-3(2)4;4*1-2/h7-11H,2,6H2,1,3-5H3;4H,1H2,2H3;4*1-2H3/b14-10+,16-7+;;;;;. The molecular weight excluding hydrogens is 399 g/mol. The average molecular weight is 451 g/mol. The van der Waals surface area contributed by atoms with E-state index in [0.29, 0.717) is 5.56 Å². The zero-order valence-corrected chi connectivity index (χ0v) is 23.7. The highest BCUT2D eigenvalue weighted by atomic mass is 32.1. The van der Waals surface area contributed by atoms with Crippen LogP contribution in [0.3, 0.4) is 0 Å². The SMILES string of the molecule is C=C(C)C(/C=C(\C)C(=C)c1ccc(C)c(F)c1)=C/C.C=C(C)S.CC.CC.CC.CC. The molecule has 0 nitrogen and oxygen atoms in total. The van der Waals surface area contributed by atoms with Crippen molar-refractivity contribution >= 4 is 18.2 Å². The topological polar surface area (TPSA) is 0 Å². The van der Waals surface area contributed by atoms with Crippen molar-refractivity contribution in [2.24, 2.45) is 0 Å². The lowest BCUT2D eigenvalue weighted by Crippen LogP contribution is -1.90. The van der Waals surface area contributed by atoms with E-state index in [0.717, 1.165) is 32.8 Å². The second-order valence-electron chi connectivity index (χ2n) is 5.53. The highest BCUT2D eigenvalue weighted by molar-refractivity contribution is 7.84. The van der Waals surface area contributed by atoms with Gasteiger partial charge in [-0.25, -0.2) is 4.39 Å². The van der Waals surface area contributed by atoms with Crippen molar-refractivity contribution in [2.75, 3.05) is 0 Å². The van der Waals surface area contributed by atoms with Gasteiger partial charge in [0, 0.05) is 0 Å². The van der Waals surface area contributed by atoms with Crippen LogP contribution in [0.2, 0.25) is 0 Å². The van der Waals surface area contributed by atoms with Gasteiger partial charge in [0.1, 0.15) is 5.82 Å². The lowest BCUT2D eigenvalue weighted by atomic mass is 9.96. The van der Waals surface area contributed by atoms with E-state index in [1.54, 1.807) is 13.0 Å². The first-order valence-corrected chi connectivity index (χ1v) is 11.9. The van der Waals surface area contributed by atoms with Crippen LogP contribution < -0.4 is 0 Å². The Balaban J connectivity index is -0.000000159. The molecule has 31 heavy (non-hydrogen) atoms. The molecule has 0 radical (unpaired) electrons. The van der Waals surface area contributed by atoms with Gasteiger partial charge in [-0.15, -0.1) is 12.6 Å². The Morgan fingerprint density at radius 2 is 1.26 bits per heavy atom. The number of hydrogen-bond donors (Lipinski definition) is 1. The molecular formula is C29H51FS. The fraction of sp³-hybridized carbons (Fsp3) is 0.448. The lowest BCUT2D eigenvalue weighted by Gasteiger charge is -2.09. The summed E-state index contributed by atoms with van der Waals surface area (Å²) in [6, 6.07) is 5.21. The Bertz CT molecular complexity index is 657. The minimum absolute atomic E-state index is 0.197. The van der Waals surface area contributed by atoms with E-state index < -0.39 is 0 Å². The Morgan fingerprint density at radius 1 is 0.871 bits per heavy atom. The molecule has 1 rings (SSSR count). The minimum atomic E-state index is -0.197. The van der Waals surface area contributed by atoms with Crippen LogP contribution in [0.15, 0.2) is 71.7 Å². The Labute approximate surface area is 201 Å². The van der Waals surface area contributed by atoms with Gasteiger partial charge in [-0.2, -0.15) is 0 Å². The van der Waals surface area contributed by atoms with E-state index in [9.17, 15) is 4.39 Å². The number of halogens is 1. The summed E-state index contributed by atoms with van der Waals surface area (Å²) < 4.78 is 13.6. The molecule has 0 saturated heterocycles. The van der Waals surface area contributed by atoms with Crippen LogP contribution in [0.1, 0.15) is 94.2 Å². The number of rotatable bonds is 4. The van der Waals surface area contributed by atoms with Crippen LogP contribution in [-0.2, 0) is 0 Å². The normalized spacial score (nSPS) is 9.26. The second-order valence-corrected chi connectivity index (χ2v) is 6.29. The third-order valence-corrected chi connectivity index (χ3v) is 3.17. The molecule has 0 fully saturated rings. The summed E-state index contributed by atoms with van der Waals surface area (Å²) in [5, 5.41) is 0. The van der Waals surface area contributed by atoms with Crippen LogP contribution in [0.5, 0.6) is 0 Å². The molecule has 0 bridgehead atoms. The number of benzene rings is 1. The van der Waals surface area contributed by atoms with E-state index in [4.69, 9.17) is 0 Å². The molecule has 0 aliphatic heterocycles. The molecule has 0 saturated carbocycles. The van der Waals surface area contributed by atoms with Crippen molar-refractivity contribution in [3.8, 4) is 0 Å². The number of hydrogen-bond acceptors (Lipinski definition) is 1. The van der Waals surface area contributed by atoms with Gasteiger partial charge in [0.2, 0.25) is 0 Å². The highest BCUT2D eigenvalue weighted by Crippen LogP contribution is 2.24. The lowest BCUT2D eigenvalue weighted by molar-refractivity contribution is 0.618. The first-order valence-electron chi connectivity index (χ1n) is 11.4. The van der Waals surface area contributed by atoms with E-state index >= 15 is 0 Å². The predicted molar refractivity (Wildman–Crippen MR) is 152 cm³/mol. The van der Waals surface area contributed by atoms with E-state index in [-0.39, 0.29) is 5.82 Å². The second kappa shape index (κ2) is 28.2. The molecule has 0 aliphatic rings. The summed E-state index contributed by atoms with van der Waals surface area (Å²) in [7, 11) is 0. The summed E-state index contributed by atoms with van der Waals surface area (Å²) in [6.45, 7) is 36.9. The molecule has 0 atom stereocenters. The van der Waals surface area contributed by atoms with Crippen molar-refractivity contribution in [1.29, 1.82) is 0 Å². The third-order valence-electron chi connectivity index (χ3n) is 3.17. The van der Waals surface area contributed by atoms with Crippen LogP contribution >= 0.6 is 12.6 Å². The molecule has 0 aromatic heterocycles. The largest absolute Gasteiger partial charge is 0.207 e. The fourth-order valence-corrected chi connectivity index (χ4v) is 1.78. The number of aryl methyl sites for hydroxylation is 1. The van der Waals surface area contributed by atoms with E-state index in [2.05, 4.69) is 32.4 Å². The zero-order valence-electron chi connectivity index (χ0n) is 22.8. The average Bonchev–Trinajstić information content (AvgIpc) is 2.78. The van der Waals surface area contributed by atoms with Crippen molar-refractivity contribution < 1.29 is 4.39 Å². The van der Waals surface area contributed by atoms with E-state index in [1.807, 2.05) is 101 Å². The van der Waals surface area contributed by atoms with Crippen LogP contribution in [-0.4, -0.2) is 0 Å². The smallest absolute Gasteiger partial charge is 0.126 e. The van der Waals surface area contributed by atoms with Crippen molar-refractivity contribution in [3.05, 3.63) is 88.7 Å². The summed E-state index contributed by atoms with van der Waals surface area (Å²) in [5.41, 5.74) is 5.39. The summed E-state index contributed by atoms with van der Waals surface area (Å²) >= 11 is 3.77. The third kappa shape index (κ3) is 22.7. The van der Waals surface area contributed by atoms with Crippen LogP contribution in [0.25, 0.3) is 5.57 Å². The molecule has 0 aliphatic carbocycles. The fourth-order valence-electron chi connectivity index (χ4n) is 1.78. The van der Waals surface area contributed by atoms with Crippen LogP contribution in [0, 0.1) is 12.7 Å². The predicted octanol–water partition coefficient (Wildman–Crippen LogP) is 11.2. The van der Waals surface area contributed by atoms with Crippen LogP contribution in [0.4, 0.5) is 4.39 Å². The van der Waals surface area contributed by atoms with Gasteiger partial charge in [-0.3, -0.25) is 0 Å². The molecule has 0 unspecified atom stereocenters. The molecule has 0 heterocycles. The molecule has 1 aromatic rings. The quantitative estimate of drug-likeness (QED) is 0.342. The number of thiol groups is 1. The first-order chi connectivity index (χ1) is 14.6. The Morgan fingerprint density at radius 3 is 1.55 bits per heavy atom. The van der Waals surface area contributed by atoms with Crippen molar-refractivity contribution in [3.63, 3.8) is 0 Å². The van der Waals surface area contributed by atoms with Gasteiger partial charge in [-0.05, 0) is 73.4 Å². The first kappa shape index (κ1) is 39.7. The van der Waals surface area contributed by atoms with Gasteiger partial charge in [0.15, 0.2) is 0 Å². The summed E-state index contributed by atoms with van der Waals surface area (Å²) in [6.07, 6.45) is 4.04. The monoisotopic (exact) mass is 450 g/mol. The van der Waals surface area contributed by atoms with Gasteiger partial charge >= 0.3 is 0 Å². The number of allylic oxidation sites excluding steroid dienone is 7. The molecule has 0 amide bonds. The minimum Gasteiger partial charge on any atom is -0.207 e. The maximum absolute atomic E-state index is 13.6. The Kier molecular flexibility index (Phi) is 36.1. The van der Waals surface area contributed by atoms with Gasteiger partial charge < -0.3 is 0 Å². The van der Waals surface area contributed by atoms with Crippen molar-refractivity contribution in [1.82, 2.24) is 0 Å². The summed E-state index contributed by atoms with van der Waals surface area (Å²) in [5.74, 6) is -0.197. The molecule has 0 N–H and O–H groups in total. The highest BCUT2D eigenvalue weighted by Gasteiger charge is 2.05. The van der Waals surface area contributed by atoms with Gasteiger partial charge in [0.25, 0.3) is 0 Å². The Hall–Kier alpha value is -1.80. The maximum atomic E-state index is 13.6. The van der Waals surface area contributed by atoms with Gasteiger partial charge in [-0.1, -0.05) is 105 Å². The maximum Gasteiger partial charge on any atom is 0.126 e. The molecule has 0 spiro atoms. The zero-order chi connectivity index (χ0) is 26.2. The molecule has 180 valence electrons. The van der Waals surface area contributed by atoms with Gasteiger partial charge in [0.05, 0.1) is 0 Å². The van der Waals surface area contributed by atoms with Crippen molar-refractivity contribution in [2.45, 2.75) is 90.0 Å². The molecule has 2 heteroatoms. The van der Waals surface area contributed by atoms with E-state index in [1.165, 1.54) is 6.07 Å².